The number of ether oxygens (including phenoxy) is 5. The molecule has 228 valence electrons. The largest absolute Gasteiger partial charge is 0.463 e. The summed E-state index contributed by atoms with van der Waals surface area (Å²) in [6.45, 7) is 3.93. The standard InChI is InChI=1S/C28H26Br2N2O11/c1-13(33)39-12-21-23(40-14(2)34)24(41-15(3)35)25(42-16(4)36)27(43-21)32-22-19(10-17(29)11-20(22)30)26(37)31(28(32)38)18-8-6-5-7-9-18/h5-11,21,23-25,27H,12H2,1-4H3/t21-,23+,24+,25-,27+/m1/s1. The smallest absolute Gasteiger partial charge is 0.338 e. The molecule has 0 N–H and O–H groups in total. The van der Waals surface area contributed by atoms with E-state index in [4.69, 9.17) is 23.7 Å². The van der Waals surface area contributed by atoms with E-state index >= 15 is 0 Å². The maximum atomic E-state index is 14.3. The number of aromatic nitrogens is 2. The lowest BCUT2D eigenvalue weighted by molar-refractivity contribution is -0.268. The summed E-state index contributed by atoms with van der Waals surface area (Å²) in [5.41, 5.74) is -1.26. The minimum atomic E-state index is -1.59. The van der Waals surface area contributed by atoms with Gasteiger partial charge in [-0.25, -0.2) is 9.36 Å². The number of hydrogen-bond acceptors (Lipinski definition) is 11. The van der Waals surface area contributed by atoms with Crippen LogP contribution in [0, 0.1) is 0 Å². The molecule has 2 aromatic carbocycles. The van der Waals surface area contributed by atoms with E-state index in [0.717, 1.165) is 36.8 Å². The molecule has 13 nitrogen and oxygen atoms in total. The number of benzene rings is 2. The molecule has 2 heterocycles. The van der Waals surface area contributed by atoms with Crippen molar-refractivity contribution < 1.29 is 42.9 Å². The van der Waals surface area contributed by atoms with Crippen LogP contribution in [0.4, 0.5) is 0 Å². The SMILES string of the molecule is CC(=O)OC[C@H]1O[C@H](n2c(=O)n(-c3ccccc3)c(=O)c3cc(Br)cc(Br)c32)[C@H](OC(C)=O)[C@@H](OC(C)=O)[C@H]1OC(C)=O. The van der Waals surface area contributed by atoms with Gasteiger partial charge in [0.25, 0.3) is 5.56 Å². The van der Waals surface area contributed by atoms with Crippen LogP contribution in [0.5, 0.6) is 0 Å². The third kappa shape index (κ3) is 6.89. The Bertz CT molecular complexity index is 1700. The van der Waals surface area contributed by atoms with E-state index in [2.05, 4.69) is 31.9 Å². The van der Waals surface area contributed by atoms with Crippen molar-refractivity contribution in [2.45, 2.75) is 58.3 Å². The molecule has 43 heavy (non-hydrogen) atoms. The van der Waals surface area contributed by atoms with Gasteiger partial charge < -0.3 is 23.7 Å². The van der Waals surface area contributed by atoms with Crippen LogP contribution in [0.25, 0.3) is 16.6 Å². The molecular formula is C28H26Br2N2O11. The van der Waals surface area contributed by atoms with Gasteiger partial charge in [-0.1, -0.05) is 34.1 Å². The average Bonchev–Trinajstić information content (AvgIpc) is 2.91. The molecule has 1 aliphatic rings. The summed E-state index contributed by atoms with van der Waals surface area (Å²) in [5.74, 6) is -3.17. The van der Waals surface area contributed by atoms with Crippen LogP contribution in [0.15, 0.2) is 61.0 Å². The van der Waals surface area contributed by atoms with Gasteiger partial charge in [0.05, 0.1) is 16.6 Å². The van der Waals surface area contributed by atoms with E-state index in [1.165, 1.54) is 6.07 Å². The Labute approximate surface area is 260 Å². The number of rotatable bonds is 7. The number of carbonyl (C=O) groups excluding carboxylic acids is 4. The molecule has 1 saturated heterocycles. The third-order valence-corrected chi connectivity index (χ3v) is 7.40. The molecule has 0 spiro atoms. The maximum Gasteiger partial charge on any atom is 0.338 e. The molecule has 1 aliphatic heterocycles. The Kier molecular flexibility index (Phi) is 9.87. The zero-order chi connectivity index (χ0) is 31.6. The quantitative estimate of drug-likeness (QED) is 0.261. The molecule has 1 fully saturated rings. The van der Waals surface area contributed by atoms with Crippen molar-refractivity contribution >= 4 is 66.6 Å². The van der Waals surface area contributed by atoms with E-state index in [0.29, 0.717) is 8.95 Å². The highest BCUT2D eigenvalue weighted by atomic mass is 79.9. The molecule has 3 aromatic rings. The molecule has 15 heteroatoms. The zero-order valence-corrected chi connectivity index (χ0v) is 26.4. The van der Waals surface area contributed by atoms with Gasteiger partial charge in [0, 0.05) is 36.6 Å². The van der Waals surface area contributed by atoms with Crippen LogP contribution in [-0.4, -0.2) is 64.0 Å². The molecule has 0 radical (unpaired) electrons. The van der Waals surface area contributed by atoms with E-state index in [1.807, 2.05) is 0 Å². The van der Waals surface area contributed by atoms with Crippen molar-refractivity contribution in [3.63, 3.8) is 0 Å². The summed E-state index contributed by atoms with van der Waals surface area (Å²) in [5, 5.41) is 0.0672. The Hall–Kier alpha value is -3.82. The van der Waals surface area contributed by atoms with Gasteiger partial charge in [0.1, 0.15) is 12.7 Å². The lowest BCUT2D eigenvalue weighted by Crippen LogP contribution is -2.62. The number of hydrogen-bond donors (Lipinski definition) is 0. The molecule has 0 unspecified atom stereocenters. The van der Waals surface area contributed by atoms with Crippen molar-refractivity contribution in [1.29, 1.82) is 0 Å². The van der Waals surface area contributed by atoms with Crippen LogP contribution in [0.2, 0.25) is 0 Å². The third-order valence-electron chi connectivity index (χ3n) is 6.34. The summed E-state index contributed by atoms with van der Waals surface area (Å²) in [7, 11) is 0. The lowest BCUT2D eigenvalue weighted by atomic mass is 9.96. The number of fused-ring (bicyclic) bond motifs is 1. The second kappa shape index (κ2) is 13.2. The summed E-state index contributed by atoms with van der Waals surface area (Å²) in [4.78, 5) is 76.6. The van der Waals surface area contributed by atoms with Crippen molar-refractivity contribution in [3.8, 4) is 5.69 Å². The summed E-state index contributed by atoms with van der Waals surface area (Å²) < 4.78 is 30.8. The predicted octanol–water partition coefficient (Wildman–Crippen LogP) is 2.93. The van der Waals surface area contributed by atoms with Crippen LogP contribution in [0.3, 0.4) is 0 Å². The van der Waals surface area contributed by atoms with E-state index in [-0.39, 0.29) is 16.6 Å². The van der Waals surface area contributed by atoms with Crippen molar-refractivity contribution in [1.82, 2.24) is 9.13 Å². The second-order valence-corrected chi connectivity index (χ2v) is 11.3. The van der Waals surface area contributed by atoms with E-state index in [9.17, 15) is 28.8 Å². The fraction of sp³-hybridized carbons (Fsp3) is 0.357. The molecule has 0 aliphatic carbocycles. The van der Waals surface area contributed by atoms with Gasteiger partial charge in [-0.15, -0.1) is 0 Å². The summed E-state index contributed by atoms with van der Waals surface area (Å²) >= 11 is 6.80. The average molecular weight is 726 g/mol. The molecule has 0 bridgehead atoms. The predicted molar refractivity (Wildman–Crippen MR) is 156 cm³/mol. The number of esters is 4. The lowest BCUT2D eigenvalue weighted by Gasteiger charge is -2.45. The van der Waals surface area contributed by atoms with Crippen molar-refractivity contribution in [2.24, 2.45) is 0 Å². The van der Waals surface area contributed by atoms with Gasteiger partial charge in [0.2, 0.25) is 0 Å². The Morgan fingerprint density at radius 3 is 1.98 bits per heavy atom. The maximum absolute atomic E-state index is 14.3. The first-order valence-corrected chi connectivity index (χ1v) is 14.4. The zero-order valence-electron chi connectivity index (χ0n) is 23.3. The minimum Gasteiger partial charge on any atom is -0.463 e. The number of carbonyl (C=O) groups is 4. The van der Waals surface area contributed by atoms with Crippen LogP contribution >= 0.6 is 31.9 Å². The van der Waals surface area contributed by atoms with Crippen LogP contribution in [0.1, 0.15) is 33.9 Å². The normalized spacial score (nSPS) is 21.6. The van der Waals surface area contributed by atoms with Gasteiger partial charge in [-0.3, -0.25) is 28.5 Å². The highest BCUT2D eigenvalue weighted by molar-refractivity contribution is 9.11. The summed E-state index contributed by atoms with van der Waals surface area (Å²) in [6, 6.07) is 11.2. The topological polar surface area (TPSA) is 158 Å². The number of halogens is 2. The second-order valence-electron chi connectivity index (χ2n) is 9.50. The minimum absolute atomic E-state index is 0.0614. The molecule has 4 rings (SSSR count). The molecule has 0 saturated carbocycles. The first-order chi connectivity index (χ1) is 20.3. The number of nitrogens with zero attached hydrogens (tertiary/aromatic N) is 2. The molecule has 5 atom stereocenters. The summed E-state index contributed by atoms with van der Waals surface area (Å²) in [6.07, 6.45) is -7.46. The van der Waals surface area contributed by atoms with Gasteiger partial charge in [-0.2, -0.15) is 0 Å². The van der Waals surface area contributed by atoms with Crippen molar-refractivity contribution in [3.05, 3.63) is 72.2 Å². The fourth-order valence-electron chi connectivity index (χ4n) is 4.84. The van der Waals surface area contributed by atoms with Gasteiger partial charge in [0.15, 0.2) is 24.5 Å². The van der Waals surface area contributed by atoms with Crippen LogP contribution < -0.4 is 11.2 Å². The van der Waals surface area contributed by atoms with Crippen molar-refractivity contribution in [2.75, 3.05) is 6.61 Å². The Balaban J connectivity index is 2.09. The Morgan fingerprint density at radius 2 is 1.40 bits per heavy atom. The highest BCUT2D eigenvalue weighted by Crippen LogP contribution is 2.37. The monoisotopic (exact) mass is 724 g/mol. The van der Waals surface area contributed by atoms with Gasteiger partial charge >= 0.3 is 29.6 Å². The first kappa shape index (κ1) is 32.1. The molecule has 0 amide bonds. The Morgan fingerprint density at radius 1 is 0.814 bits per heavy atom. The van der Waals surface area contributed by atoms with E-state index < -0.39 is 72.4 Å². The molecule has 1 aromatic heterocycles. The van der Waals surface area contributed by atoms with E-state index in [1.54, 1.807) is 36.4 Å². The van der Waals surface area contributed by atoms with Gasteiger partial charge in [-0.05, 0) is 40.2 Å². The fourth-order valence-corrected chi connectivity index (χ4v) is 6.26. The van der Waals surface area contributed by atoms with Crippen LogP contribution in [-0.2, 0) is 42.9 Å². The molecular weight excluding hydrogens is 700 g/mol. The highest BCUT2D eigenvalue weighted by Gasteiger charge is 2.53. The number of para-hydroxylation sites is 1. The first-order valence-electron chi connectivity index (χ1n) is 12.8.